The summed E-state index contributed by atoms with van der Waals surface area (Å²) in [4.78, 5) is 12.0. The molecule has 1 heterocycles. The molecular weight excluding hydrogens is 370 g/mol. The van der Waals surface area contributed by atoms with Gasteiger partial charge in [0.25, 0.3) is 5.22 Å². The molecule has 0 aliphatic rings. The highest BCUT2D eigenvalue weighted by Gasteiger charge is 2.13. The summed E-state index contributed by atoms with van der Waals surface area (Å²) in [5.74, 6) is 0.901. The van der Waals surface area contributed by atoms with Crippen molar-refractivity contribution in [3.05, 3.63) is 71.1 Å². The number of rotatable bonds is 7. The number of carbonyl (C=O) groups excluding carboxylic acids is 1. The molecule has 1 atom stereocenters. The van der Waals surface area contributed by atoms with Crippen LogP contribution in [0.5, 0.6) is 0 Å². The van der Waals surface area contributed by atoms with Gasteiger partial charge in [-0.2, -0.15) is 0 Å². The molecule has 5 nitrogen and oxygen atoms in total. The van der Waals surface area contributed by atoms with Crippen molar-refractivity contribution in [2.24, 2.45) is 0 Å². The number of nitrogens with one attached hydrogen (secondary N) is 1. The van der Waals surface area contributed by atoms with Gasteiger partial charge in [0.05, 0.1) is 5.75 Å². The van der Waals surface area contributed by atoms with Crippen molar-refractivity contribution >= 4 is 35.0 Å². The average Bonchev–Trinajstić information content (AvgIpc) is 3.10. The topological polar surface area (TPSA) is 68.0 Å². The van der Waals surface area contributed by atoms with Crippen molar-refractivity contribution in [2.45, 2.75) is 24.5 Å². The standard InChI is InChI=1S/C19H18ClN3O2S/c1-13(14-5-3-2-4-6-14)11-18-22-23-19(25-18)26-12-17(24)21-16-9-7-15(20)8-10-16/h2-10,13H,11-12H2,1H3,(H,21,24). The van der Waals surface area contributed by atoms with Crippen molar-refractivity contribution in [1.82, 2.24) is 10.2 Å². The summed E-state index contributed by atoms with van der Waals surface area (Å²) in [7, 11) is 0. The van der Waals surface area contributed by atoms with Gasteiger partial charge in [-0.25, -0.2) is 0 Å². The van der Waals surface area contributed by atoms with E-state index in [0.29, 0.717) is 28.2 Å². The molecule has 0 saturated heterocycles. The van der Waals surface area contributed by atoms with Crippen molar-refractivity contribution in [3.8, 4) is 0 Å². The highest BCUT2D eigenvalue weighted by molar-refractivity contribution is 7.99. The lowest BCUT2D eigenvalue weighted by atomic mass is 9.98. The second-order valence-corrected chi connectivity index (χ2v) is 7.18. The normalized spacial score (nSPS) is 11.9. The Morgan fingerprint density at radius 1 is 1.15 bits per heavy atom. The van der Waals surface area contributed by atoms with Crippen LogP contribution < -0.4 is 5.32 Å². The molecule has 7 heteroatoms. The number of thioether (sulfide) groups is 1. The zero-order chi connectivity index (χ0) is 18.4. The second kappa shape index (κ2) is 8.87. The van der Waals surface area contributed by atoms with Gasteiger partial charge in [-0.05, 0) is 35.7 Å². The molecule has 2 aromatic carbocycles. The summed E-state index contributed by atoms with van der Waals surface area (Å²) < 4.78 is 5.64. The van der Waals surface area contributed by atoms with E-state index in [4.69, 9.17) is 16.0 Å². The maximum absolute atomic E-state index is 12.0. The molecule has 3 aromatic rings. The molecule has 134 valence electrons. The zero-order valence-electron chi connectivity index (χ0n) is 14.2. The molecule has 3 rings (SSSR count). The molecule has 0 saturated carbocycles. The van der Waals surface area contributed by atoms with E-state index >= 15 is 0 Å². The number of hydrogen-bond donors (Lipinski definition) is 1. The van der Waals surface area contributed by atoms with E-state index in [0.717, 1.165) is 0 Å². The van der Waals surface area contributed by atoms with Crippen LogP contribution in [0.4, 0.5) is 5.69 Å². The van der Waals surface area contributed by atoms with Crippen LogP contribution in [0.3, 0.4) is 0 Å². The smallest absolute Gasteiger partial charge is 0.277 e. The van der Waals surface area contributed by atoms with E-state index in [-0.39, 0.29) is 17.6 Å². The number of hydrogen-bond acceptors (Lipinski definition) is 5. The van der Waals surface area contributed by atoms with Crippen molar-refractivity contribution < 1.29 is 9.21 Å². The summed E-state index contributed by atoms with van der Waals surface area (Å²) in [5, 5.41) is 11.9. The highest BCUT2D eigenvalue weighted by atomic mass is 35.5. The second-order valence-electron chi connectivity index (χ2n) is 5.82. The first-order valence-corrected chi connectivity index (χ1v) is 9.52. The van der Waals surface area contributed by atoms with Gasteiger partial charge < -0.3 is 9.73 Å². The lowest BCUT2D eigenvalue weighted by molar-refractivity contribution is -0.113. The molecule has 0 bridgehead atoms. The van der Waals surface area contributed by atoms with E-state index in [1.54, 1.807) is 24.3 Å². The molecule has 1 amide bonds. The largest absolute Gasteiger partial charge is 0.416 e. The molecule has 0 aliphatic carbocycles. The third-order valence-corrected chi connectivity index (χ3v) is 4.82. The summed E-state index contributed by atoms with van der Waals surface area (Å²) in [6, 6.07) is 17.1. The van der Waals surface area contributed by atoms with Crippen molar-refractivity contribution in [3.63, 3.8) is 0 Å². The lowest BCUT2D eigenvalue weighted by Gasteiger charge is -2.08. The van der Waals surface area contributed by atoms with E-state index < -0.39 is 0 Å². The van der Waals surface area contributed by atoms with Gasteiger partial charge in [-0.3, -0.25) is 4.79 Å². The number of halogens is 1. The third-order valence-electron chi connectivity index (χ3n) is 3.75. The third kappa shape index (κ3) is 5.34. The molecule has 1 aromatic heterocycles. The Kier molecular flexibility index (Phi) is 6.30. The Labute approximate surface area is 161 Å². The van der Waals surface area contributed by atoms with Crippen molar-refractivity contribution in [2.75, 3.05) is 11.1 Å². The highest BCUT2D eigenvalue weighted by Crippen LogP contribution is 2.22. The number of aromatic nitrogens is 2. The van der Waals surface area contributed by atoms with Gasteiger partial charge >= 0.3 is 0 Å². The van der Waals surface area contributed by atoms with E-state index in [1.165, 1.54) is 17.3 Å². The van der Waals surface area contributed by atoms with Gasteiger partial charge in [0.15, 0.2) is 0 Å². The Balaban J connectivity index is 1.49. The van der Waals surface area contributed by atoms with Crippen LogP contribution in [0.1, 0.15) is 24.3 Å². The molecule has 1 unspecified atom stereocenters. The van der Waals surface area contributed by atoms with Gasteiger partial charge in [0.2, 0.25) is 11.8 Å². The van der Waals surface area contributed by atoms with Crippen LogP contribution in [0.25, 0.3) is 0 Å². The van der Waals surface area contributed by atoms with Gasteiger partial charge in [0, 0.05) is 17.1 Å². The fraction of sp³-hybridized carbons (Fsp3) is 0.211. The predicted molar refractivity (Wildman–Crippen MR) is 104 cm³/mol. The van der Waals surface area contributed by atoms with Crippen LogP contribution in [0.2, 0.25) is 5.02 Å². The van der Waals surface area contributed by atoms with Crippen LogP contribution >= 0.6 is 23.4 Å². The lowest BCUT2D eigenvalue weighted by Crippen LogP contribution is -2.13. The van der Waals surface area contributed by atoms with Crippen LogP contribution in [-0.2, 0) is 11.2 Å². The first kappa shape index (κ1) is 18.5. The summed E-state index contributed by atoms with van der Waals surface area (Å²) >= 11 is 7.04. The minimum Gasteiger partial charge on any atom is -0.416 e. The fourth-order valence-corrected chi connectivity index (χ4v) is 3.10. The molecule has 0 radical (unpaired) electrons. The first-order chi connectivity index (χ1) is 12.6. The van der Waals surface area contributed by atoms with Crippen LogP contribution in [0.15, 0.2) is 64.2 Å². The van der Waals surface area contributed by atoms with Crippen LogP contribution in [0, 0.1) is 0 Å². The Morgan fingerprint density at radius 2 is 1.88 bits per heavy atom. The van der Waals surface area contributed by atoms with Gasteiger partial charge in [0.1, 0.15) is 0 Å². The maximum Gasteiger partial charge on any atom is 0.277 e. The summed E-state index contributed by atoms with van der Waals surface area (Å²) in [6.45, 7) is 2.12. The number of anilines is 1. The van der Waals surface area contributed by atoms with Crippen molar-refractivity contribution in [1.29, 1.82) is 0 Å². The van der Waals surface area contributed by atoms with Gasteiger partial charge in [-0.1, -0.05) is 60.6 Å². The minimum atomic E-state index is -0.144. The first-order valence-electron chi connectivity index (χ1n) is 8.15. The van der Waals surface area contributed by atoms with E-state index in [1.807, 2.05) is 18.2 Å². The van der Waals surface area contributed by atoms with Gasteiger partial charge in [-0.15, -0.1) is 10.2 Å². The molecule has 0 spiro atoms. The predicted octanol–water partition coefficient (Wildman–Crippen LogP) is 4.80. The Bertz CT molecular complexity index is 853. The minimum absolute atomic E-state index is 0.144. The maximum atomic E-state index is 12.0. The average molecular weight is 388 g/mol. The Hall–Kier alpha value is -2.31. The number of carbonyl (C=O) groups is 1. The number of amides is 1. The molecular formula is C19H18ClN3O2S. The quantitative estimate of drug-likeness (QED) is 0.590. The molecule has 26 heavy (non-hydrogen) atoms. The number of nitrogens with zero attached hydrogens (tertiary/aromatic N) is 2. The SMILES string of the molecule is CC(Cc1nnc(SCC(=O)Nc2ccc(Cl)cc2)o1)c1ccccc1. The zero-order valence-corrected chi connectivity index (χ0v) is 15.8. The van der Waals surface area contributed by atoms with E-state index in [2.05, 4.69) is 34.6 Å². The number of benzene rings is 2. The monoisotopic (exact) mass is 387 g/mol. The molecule has 0 aliphatic heterocycles. The molecule has 0 fully saturated rings. The summed E-state index contributed by atoms with van der Waals surface area (Å²) in [6.07, 6.45) is 0.661. The van der Waals surface area contributed by atoms with Crippen LogP contribution in [-0.4, -0.2) is 21.9 Å². The summed E-state index contributed by atoms with van der Waals surface area (Å²) in [5.41, 5.74) is 1.92. The Morgan fingerprint density at radius 3 is 2.62 bits per heavy atom. The molecule has 1 N–H and O–H groups in total. The fourth-order valence-electron chi connectivity index (χ4n) is 2.40. The van der Waals surface area contributed by atoms with E-state index in [9.17, 15) is 4.79 Å².